The largest absolute Gasteiger partial charge is 0.134 e. The summed E-state index contributed by atoms with van der Waals surface area (Å²) in [6.07, 6.45) is 24.3. The molecular formula is C60H67+. The van der Waals surface area contributed by atoms with E-state index in [2.05, 4.69) is 161 Å². The van der Waals surface area contributed by atoms with Crippen molar-refractivity contribution in [3.05, 3.63) is 162 Å². The van der Waals surface area contributed by atoms with Gasteiger partial charge in [0.15, 0.2) is 0 Å². The van der Waals surface area contributed by atoms with Gasteiger partial charge in [-0.2, -0.15) is 0 Å². The van der Waals surface area contributed by atoms with Crippen LogP contribution in [0.2, 0.25) is 0 Å². The van der Waals surface area contributed by atoms with Crippen molar-refractivity contribution in [1.82, 2.24) is 0 Å². The minimum Gasteiger partial charge on any atom is -0.0864 e. The Morgan fingerprint density at radius 1 is 0.483 bits per heavy atom. The topological polar surface area (TPSA) is 0 Å². The molecule has 1 fully saturated rings. The van der Waals surface area contributed by atoms with Crippen molar-refractivity contribution in [1.29, 1.82) is 0 Å². The molecule has 3 aliphatic carbocycles. The molecule has 3 atom stereocenters. The molecule has 9 rings (SSSR count). The first-order valence-corrected chi connectivity index (χ1v) is 24.0. The predicted molar refractivity (Wildman–Crippen MR) is 259 cm³/mol. The molecule has 6 aromatic rings. The van der Waals surface area contributed by atoms with E-state index >= 15 is 0 Å². The van der Waals surface area contributed by atoms with Crippen LogP contribution < -0.4 is 0 Å². The smallest absolute Gasteiger partial charge is 0.0864 e. The molecule has 0 radical (unpaired) electrons. The second-order valence-corrected chi connectivity index (χ2v) is 19.3. The minimum absolute atomic E-state index is 0.00357. The summed E-state index contributed by atoms with van der Waals surface area (Å²) in [5, 5.41) is 2.61. The monoisotopic (exact) mass is 788 g/mol. The number of rotatable bonds is 14. The zero-order valence-corrected chi connectivity index (χ0v) is 37.0. The van der Waals surface area contributed by atoms with Gasteiger partial charge in [-0.05, 0) is 161 Å². The highest BCUT2D eigenvalue weighted by atomic mass is 14.6. The van der Waals surface area contributed by atoms with Crippen LogP contribution in [0.1, 0.15) is 139 Å². The first-order valence-electron chi connectivity index (χ1n) is 24.0. The SMILES string of the molecule is CCCCCCCCc1cc2cc(c1)-c1ccc3ccc(cc3c1)-c1cc(CCCCCCCC)cc(c1)-c1cccc(c1)C1C3CC=CC3[C+](c3cccc-2c3)C1(C)C. The van der Waals surface area contributed by atoms with Crippen molar-refractivity contribution in [3.8, 4) is 44.5 Å². The van der Waals surface area contributed by atoms with E-state index in [1.807, 2.05) is 0 Å². The molecule has 3 aliphatic rings. The lowest BCUT2D eigenvalue weighted by molar-refractivity contribution is 0.319. The van der Waals surface area contributed by atoms with Gasteiger partial charge in [-0.3, -0.25) is 0 Å². The van der Waals surface area contributed by atoms with Gasteiger partial charge in [-0.1, -0.05) is 157 Å². The highest BCUT2D eigenvalue weighted by molar-refractivity contribution is 5.92. The van der Waals surface area contributed by atoms with Crippen LogP contribution >= 0.6 is 0 Å². The number of allylic oxidation sites excluding steroid dienone is 2. The molecule has 0 saturated heterocycles. The van der Waals surface area contributed by atoms with Crippen molar-refractivity contribution in [3.63, 3.8) is 0 Å². The maximum atomic E-state index is 2.57. The average molecular weight is 788 g/mol. The van der Waals surface area contributed by atoms with Crippen LogP contribution in [0.15, 0.2) is 133 Å². The van der Waals surface area contributed by atoms with E-state index in [9.17, 15) is 0 Å². The van der Waals surface area contributed by atoms with Gasteiger partial charge in [0.1, 0.15) is 5.56 Å². The van der Waals surface area contributed by atoms with Gasteiger partial charge in [-0.15, -0.1) is 0 Å². The number of hydrogen-bond acceptors (Lipinski definition) is 0. The van der Waals surface area contributed by atoms with E-state index in [1.54, 1.807) is 5.92 Å². The summed E-state index contributed by atoms with van der Waals surface area (Å²) in [4.78, 5) is 0. The summed E-state index contributed by atoms with van der Waals surface area (Å²) in [5.74, 6) is 3.08. The highest BCUT2D eigenvalue weighted by Gasteiger charge is 2.60. The Bertz CT molecular complexity index is 2460. The lowest BCUT2D eigenvalue weighted by Crippen LogP contribution is -2.25. The lowest BCUT2D eigenvalue weighted by atomic mass is 9.68. The van der Waals surface area contributed by atoms with Crippen molar-refractivity contribution >= 4 is 10.8 Å². The molecule has 306 valence electrons. The fourth-order valence-electron chi connectivity index (χ4n) is 11.6. The van der Waals surface area contributed by atoms with Crippen molar-refractivity contribution in [2.75, 3.05) is 0 Å². The minimum atomic E-state index is 0.00357. The molecule has 0 aromatic heterocycles. The van der Waals surface area contributed by atoms with E-state index in [4.69, 9.17) is 0 Å². The Morgan fingerprint density at radius 3 is 1.58 bits per heavy atom. The molecule has 0 aliphatic heterocycles. The number of unbranched alkanes of at least 4 members (excludes halogenated alkanes) is 10. The van der Waals surface area contributed by atoms with Gasteiger partial charge in [-0.25, -0.2) is 0 Å². The van der Waals surface area contributed by atoms with E-state index < -0.39 is 0 Å². The van der Waals surface area contributed by atoms with Gasteiger partial charge in [0, 0.05) is 34.8 Å². The second-order valence-electron chi connectivity index (χ2n) is 19.3. The number of fused-ring (bicyclic) bond motifs is 21. The summed E-state index contributed by atoms with van der Waals surface area (Å²) < 4.78 is 0. The normalized spacial score (nSPS) is 18.4. The number of aryl methyl sites for hydroxylation is 2. The molecule has 0 heteroatoms. The summed E-state index contributed by atoms with van der Waals surface area (Å²) in [7, 11) is 0. The Morgan fingerprint density at radius 2 is 1.00 bits per heavy atom. The Balaban J connectivity index is 1.19. The molecule has 0 nitrogen and oxygen atoms in total. The van der Waals surface area contributed by atoms with Gasteiger partial charge < -0.3 is 0 Å². The molecule has 0 heterocycles. The third kappa shape index (κ3) is 8.42. The first-order chi connectivity index (χ1) is 29.4. The molecule has 6 aromatic carbocycles. The lowest BCUT2D eigenvalue weighted by Gasteiger charge is -2.32. The quantitative estimate of drug-likeness (QED) is 0.0586. The van der Waals surface area contributed by atoms with E-state index in [-0.39, 0.29) is 5.41 Å². The van der Waals surface area contributed by atoms with Crippen LogP contribution in [0.3, 0.4) is 0 Å². The Labute approximate surface area is 362 Å². The van der Waals surface area contributed by atoms with Gasteiger partial charge in [0.05, 0.1) is 6.07 Å². The molecular weight excluding hydrogens is 721 g/mol. The molecule has 3 unspecified atom stereocenters. The summed E-state index contributed by atoms with van der Waals surface area (Å²) in [5.41, 5.74) is 16.5. The summed E-state index contributed by atoms with van der Waals surface area (Å²) in [6, 6.07) is 48.6. The first kappa shape index (κ1) is 40.6. The molecule has 1 saturated carbocycles. The zero-order chi connectivity index (χ0) is 41.1. The average Bonchev–Trinajstić information content (AvgIpc) is 3.81. The van der Waals surface area contributed by atoms with Crippen LogP contribution in [0.4, 0.5) is 0 Å². The highest BCUT2D eigenvalue weighted by Crippen LogP contribution is 2.65. The van der Waals surface area contributed by atoms with Crippen molar-refractivity contribution in [2.24, 2.45) is 17.3 Å². The van der Waals surface area contributed by atoms with Crippen molar-refractivity contribution < 1.29 is 0 Å². The zero-order valence-electron chi connectivity index (χ0n) is 37.0. The molecule has 60 heavy (non-hydrogen) atoms. The van der Waals surface area contributed by atoms with Gasteiger partial charge in [0.25, 0.3) is 0 Å². The Hall–Kier alpha value is -4.81. The molecule has 13 bridgehead atoms. The van der Waals surface area contributed by atoms with Gasteiger partial charge >= 0.3 is 0 Å². The van der Waals surface area contributed by atoms with Crippen LogP contribution in [0.25, 0.3) is 55.3 Å². The fraction of sp³-hybridized carbons (Fsp3) is 0.383. The van der Waals surface area contributed by atoms with Crippen molar-refractivity contribution in [2.45, 2.75) is 130 Å². The standard InChI is InChI=1S/C60H67/c1-5-7-9-11-13-15-20-42-32-51-40-53(34-42)47-30-28-44-29-31-48(39-55(44)38-47)54-35-43(21-16-14-12-10-8-6-2)33-52(41-54)46-23-18-25-50(37-46)59-57-27-19-26-56(57)58(60(59,3)4)49-24-17-22-45(51)36-49/h17-19,22-26,28-41,56-57,59H,5-16,20-21,27H2,1-4H3/q+1. The predicted octanol–water partition coefficient (Wildman–Crippen LogP) is 17.6. The number of hydrogen-bond donors (Lipinski definition) is 0. The molecule has 0 N–H and O–H groups in total. The fourth-order valence-corrected chi connectivity index (χ4v) is 11.6. The summed E-state index contributed by atoms with van der Waals surface area (Å²) >= 11 is 0. The van der Waals surface area contributed by atoms with Crippen LogP contribution in [0, 0.1) is 23.2 Å². The van der Waals surface area contributed by atoms with Gasteiger partial charge in [0.2, 0.25) is 0 Å². The van der Waals surface area contributed by atoms with E-state index in [1.165, 1.54) is 155 Å². The molecule has 0 spiro atoms. The third-order valence-corrected chi connectivity index (χ3v) is 14.7. The van der Waals surface area contributed by atoms with Crippen LogP contribution in [0.5, 0.6) is 0 Å². The molecule has 0 amide bonds. The maximum Gasteiger partial charge on any atom is 0.134 e. The van der Waals surface area contributed by atoms with E-state index in [0.717, 1.165) is 19.3 Å². The number of benzene rings is 6. The summed E-state index contributed by atoms with van der Waals surface area (Å²) in [6.45, 7) is 9.71. The van der Waals surface area contributed by atoms with E-state index in [0.29, 0.717) is 17.8 Å². The second kappa shape index (κ2) is 18.0. The maximum absolute atomic E-state index is 2.57. The third-order valence-electron chi connectivity index (χ3n) is 14.7. The van der Waals surface area contributed by atoms with Crippen LogP contribution in [-0.4, -0.2) is 0 Å². The van der Waals surface area contributed by atoms with Crippen LogP contribution in [-0.2, 0) is 12.8 Å². The Kier molecular flexibility index (Phi) is 12.2.